The van der Waals surface area contributed by atoms with Gasteiger partial charge in [-0.25, -0.2) is 0 Å². The number of aliphatic carboxylic acids is 1. The van der Waals surface area contributed by atoms with Crippen molar-refractivity contribution in [3.8, 4) is 5.75 Å². The summed E-state index contributed by atoms with van der Waals surface area (Å²) in [5.41, 5.74) is 0. The highest BCUT2D eigenvalue weighted by Crippen LogP contribution is 2.18. The normalized spacial score (nSPS) is 12.1. The Hall–Kier alpha value is -1.22. The van der Waals surface area contributed by atoms with Crippen LogP contribution in [0.3, 0.4) is 0 Å². The molecule has 0 N–H and O–H groups in total. The van der Waals surface area contributed by atoms with Crippen molar-refractivity contribution in [2.75, 3.05) is 0 Å². The van der Waals surface area contributed by atoms with Crippen molar-refractivity contribution >= 4 is 17.6 Å². The number of hydrogen-bond donors (Lipinski definition) is 0. The maximum absolute atomic E-state index is 10.8. The third kappa shape index (κ3) is 4.11. The number of unbranched alkanes of at least 4 members (excludes halogenated alkanes) is 1. The first-order valence-electron chi connectivity index (χ1n) is 5.26. The molecule has 3 nitrogen and oxygen atoms in total. The van der Waals surface area contributed by atoms with Crippen LogP contribution in [0.1, 0.15) is 26.2 Å². The van der Waals surface area contributed by atoms with E-state index in [-0.39, 0.29) is 0 Å². The largest absolute Gasteiger partial charge is 0.546 e. The maximum atomic E-state index is 10.8. The average molecular weight is 242 g/mol. The van der Waals surface area contributed by atoms with Crippen LogP contribution < -0.4 is 9.84 Å². The van der Waals surface area contributed by atoms with E-state index in [2.05, 4.69) is 0 Å². The van der Waals surface area contributed by atoms with Crippen molar-refractivity contribution in [1.29, 1.82) is 0 Å². The number of hydrogen-bond acceptors (Lipinski definition) is 3. The molecule has 1 aromatic carbocycles. The van der Waals surface area contributed by atoms with E-state index in [1.54, 1.807) is 24.3 Å². The van der Waals surface area contributed by atoms with Gasteiger partial charge in [0.2, 0.25) is 0 Å². The maximum Gasteiger partial charge on any atom is 0.138 e. The smallest absolute Gasteiger partial charge is 0.138 e. The van der Waals surface area contributed by atoms with Gasteiger partial charge >= 0.3 is 0 Å². The lowest BCUT2D eigenvalue weighted by molar-refractivity contribution is -0.313. The van der Waals surface area contributed by atoms with Crippen LogP contribution in [0.5, 0.6) is 5.75 Å². The van der Waals surface area contributed by atoms with Crippen molar-refractivity contribution in [2.24, 2.45) is 0 Å². The molecule has 0 aromatic heterocycles. The summed E-state index contributed by atoms with van der Waals surface area (Å²) in [5, 5.41) is 11.4. The van der Waals surface area contributed by atoms with Gasteiger partial charge in [0.05, 0.1) is 5.97 Å². The summed E-state index contributed by atoms with van der Waals surface area (Å²) in [6, 6.07) is 6.60. The Labute approximate surface area is 100.0 Å². The molecule has 4 heteroatoms. The molecule has 16 heavy (non-hydrogen) atoms. The number of halogens is 1. The lowest BCUT2D eigenvalue weighted by Crippen LogP contribution is -2.39. The SMILES string of the molecule is CCCCC(Oc1ccc(Cl)cc1)C(=O)[O-]. The molecule has 0 saturated carbocycles. The van der Waals surface area contributed by atoms with Gasteiger partial charge in [0, 0.05) is 5.02 Å². The highest BCUT2D eigenvalue weighted by atomic mass is 35.5. The molecule has 88 valence electrons. The number of rotatable bonds is 6. The summed E-state index contributed by atoms with van der Waals surface area (Å²) in [6.07, 6.45) is 1.29. The van der Waals surface area contributed by atoms with Crippen LogP contribution in [0.4, 0.5) is 0 Å². The third-order valence-corrected chi connectivity index (χ3v) is 2.43. The van der Waals surface area contributed by atoms with Crippen LogP contribution in [0.15, 0.2) is 24.3 Å². The van der Waals surface area contributed by atoms with Gasteiger partial charge in [0.25, 0.3) is 0 Å². The van der Waals surface area contributed by atoms with Gasteiger partial charge in [0.1, 0.15) is 11.9 Å². The number of carbonyl (C=O) groups is 1. The molecule has 0 saturated heterocycles. The van der Waals surface area contributed by atoms with Crippen LogP contribution in [-0.2, 0) is 4.79 Å². The Bertz CT molecular complexity index is 335. The molecular formula is C12H14ClO3-. The van der Waals surface area contributed by atoms with E-state index in [1.165, 1.54) is 0 Å². The molecular weight excluding hydrogens is 228 g/mol. The topological polar surface area (TPSA) is 49.4 Å². The second-order valence-electron chi connectivity index (χ2n) is 3.52. The molecule has 0 aliphatic rings. The van der Waals surface area contributed by atoms with Crippen LogP contribution in [-0.4, -0.2) is 12.1 Å². The molecule has 1 aromatic rings. The van der Waals surface area contributed by atoms with E-state index in [0.29, 0.717) is 17.2 Å². The van der Waals surface area contributed by atoms with E-state index < -0.39 is 12.1 Å². The molecule has 0 radical (unpaired) electrons. The first-order valence-corrected chi connectivity index (χ1v) is 5.64. The van der Waals surface area contributed by atoms with Crippen LogP contribution in [0, 0.1) is 0 Å². The first kappa shape index (κ1) is 12.8. The zero-order chi connectivity index (χ0) is 12.0. The lowest BCUT2D eigenvalue weighted by atomic mass is 10.1. The monoisotopic (exact) mass is 241 g/mol. The number of benzene rings is 1. The summed E-state index contributed by atoms with van der Waals surface area (Å²) in [4.78, 5) is 10.8. The Morgan fingerprint density at radius 1 is 1.44 bits per heavy atom. The van der Waals surface area contributed by atoms with Crippen LogP contribution in [0.25, 0.3) is 0 Å². The zero-order valence-corrected chi connectivity index (χ0v) is 9.87. The summed E-state index contributed by atoms with van der Waals surface area (Å²) < 4.78 is 5.31. The third-order valence-electron chi connectivity index (χ3n) is 2.17. The Kier molecular flexibility index (Phi) is 5.12. The highest BCUT2D eigenvalue weighted by Gasteiger charge is 2.10. The summed E-state index contributed by atoms with van der Waals surface area (Å²) in [5.74, 6) is -0.682. The standard InChI is InChI=1S/C12H15ClO3/c1-2-3-4-11(12(14)15)16-10-7-5-9(13)6-8-10/h5-8,11H,2-4H2,1H3,(H,14,15)/p-1. The van der Waals surface area contributed by atoms with E-state index >= 15 is 0 Å². The predicted molar refractivity (Wildman–Crippen MR) is 60.4 cm³/mol. The lowest BCUT2D eigenvalue weighted by Gasteiger charge is -2.19. The van der Waals surface area contributed by atoms with Crippen LogP contribution in [0.2, 0.25) is 5.02 Å². The summed E-state index contributed by atoms with van der Waals surface area (Å²) in [7, 11) is 0. The summed E-state index contributed by atoms with van der Waals surface area (Å²) >= 11 is 5.71. The summed E-state index contributed by atoms with van der Waals surface area (Å²) in [6.45, 7) is 1.99. The molecule has 0 bridgehead atoms. The zero-order valence-electron chi connectivity index (χ0n) is 9.11. The Balaban J connectivity index is 2.60. The van der Waals surface area contributed by atoms with E-state index in [1.807, 2.05) is 6.92 Å². The minimum absolute atomic E-state index is 0.460. The first-order chi connectivity index (χ1) is 7.63. The van der Waals surface area contributed by atoms with Gasteiger partial charge in [-0.15, -0.1) is 0 Å². The minimum atomic E-state index is -1.18. The fourth-order valence-electron chi connectivity index (χ4n) is 1.29. The predicted octanol–water partition coefficient (Wildman–Crippen LogP) is 2.03. The van der Waals surface area contributed by atoms with E-state index in [0.717, 1.165) is 12.8 Å². The molecule has 1 unspecified atom stereocenters. The van der Waals surface area contributed by atoms with Crippen molar-refractivity contribution in [1.82, 2.24) is 0 Å². The molecule has 0 aliphatic heterocycles. The Morgan fingerprint density at radius 2 is 2.06 bits per heavy atom. The highest BCUT2D eigenvalue weighted by molar-refractivity contribution is 6.30. The number of ether oxygens (including phenoxy) is 1. The van der Waals surface area contributed by atoms with Crippen molar-refractivity contribution in [2.45, 2.75) is 32.3 Å². The minimum Gasteiger partial charge on any atom is -0.546 e. The molecule has 0 aliphatic carbocycles. The molecule has 1 atom stereocenters. The Morgan fingerprint density at radius 3 is 2.56 bits per heavy atom. The van der Waals surface area contributed by atoms with Gasteiger partial charge in [-0.05, 0) is 37.1 Å². The molecule has 0 fully saturated rings. The van der Waals surface area contributed by atoms with Crippen molar-refractivity contribution in [3.63, 3.8) is 0 Å². The average Bonchev–Trinajstić information content (AvgIpc) is 2.26. The van der Waals surface area contributed by atoms with E-state index in [9.17, 15) is 9.90 Å². The quantitative estimate of drug-likeness (QED) is 0.766. The van der Waals surface area contributed by atoms with Crippen LogP contribution >= 0.6 is 11.6 Å². The van der Waals surface area contributed by atoms with Gasteiger partial charge in [0.15, 0.2) is 0 Å². The number of carbonyl (C=O) groups excluding carboxylic acids is 1. The van der Waals surface area contributed by atoms with Crippen molar-refractivity contribution < 1.29 is 14.6 Å². The second-order valence-corrected chi connectivity index (χ2v) is 3.96. The van der Waals surface area contributed by atoms with Gasteiger partial charge in [-0.3, -0.25) is 0 Å². The number of carboxylic acid groups (broad SMARTS) is 1. The molecule has 0 spiro atoms. The van der Waals surface area contributed by atoms with Crippen molar-refractivity contribution in [3.05, 3.63) is 29.3 Å². The molecule has 0 heterocycles. The fourth-order valence-corrected chi connectivity index (χ4v) is 1.42. The molecule has 1 rings (SSSR count). The van der Waals surface area contributed by atoms with Gasteiger partial charge in [-0.1, -0.05) is 24.9 Å². The van der Waals surface area contributed by atoms with E-state index in [4.69, 9.17) is 16.3 Å². The number of carboxylic acids is 1. The second kappa shape index (κ2) is 6.38. The van der Waals surface area contributed by atoms with Gasteiger partial charge in [-0.2, -0.15) is 0 Å². The fraction of sp³-hybridized carbons (Fsp3) is 0.417. The molecule has 0 amide bonds. The van der Waals surface area contributed by atoms with Gasteiger partial charge < -0.3 is 14.6 Å².